The lowest BCUT2D eigenvalue weighted by molar-refractivity contribution is -0.139. The Morgan fingerprint density at radius 2 is 1.32 bits per heavy atom. The van der Waals surface area contributed by atoms with Crippen molar-refractivity contribution in [2.45, 2.75) is 6.92 Å². The fourth-order valence-corrected chi connectivity index (χ4v) is 3.96. The number of nitrogens with one attached hydrogen (secondary N) is 2. The number of benzene rings is 2. The summed E-state index contributed by atoms with van der Waals surface area (Å²) in [6.45, 7) is 1.15. The van der Waals surface area contributed by atoms with Gasteiger partial charge < -0.3 is 19.8 Å². The smallest absolute Gasteiger partial charge is 0.308 e. The molecule has 0 bridgehead atoms. The number of carbonyl (C=O) groups is 3. The number of H-pyrrole nitrogens is 2. The Labute approximate surface area is 175 Å². The molecule has 2 aromatic carbocycles. The molecule has 0 spiro atoms. The van der Waals surface area contributed by atoms with Crippen molar-refractivity contribution >= 4 is 50.5 Å². The first-order valence-corrected chi connectivity index (χ1v) is 9.55. The normalized spacial score (nSPS) is 14.7. The summed E-state index contributed by atoms with van der Waals surface area (Å²) in [6, 6.07) is 14.4. The molecule has 7 heteroatoms. The summed E-state index contributed by atoms with van der Waals surface area (Å²) in [6.07, 6.45) is 3.10. The van der Waals surface area contributed by atoms with Crippen molar-refractivity contribution in [2.75, 3.05) is 0 Å². The average molecular weight is 412 g/mol. The first kappa shape index (κ1) is 18.6. The maximum absolute atomic E-state index is 13.5. The van der Waals surface area contributed by atoms with E-state index in [0.29, 0.717) is 21.9 Å². The highest BCUT2D eigenvalue weighted by molar-refractivity contribution is 6.48. The maximum atomic E-state index is 13.5. The predicted molar refractivity (Wildman–Crippen MR) is 115 cm³/mol. The third-order valence-corrected chi connectivity index (χ3v) is 5.30. The SMILES string of the molecule is CC(=O)OC1=C(c2c[nH]c3ccccc23)C(=O)C(O)=C(c2c[nH]c3ccccc23)C1=O. The number of aliphatic hydroxyl groups is 1. The van der Waals surface area contributed by atoms with Crippen LogP contribution in [-0.2, 0) is 19.1 Å². The summed E-state index contributed by atoms with van der Waals surface area (Å²) in [7, 11) is 0. The van der Waals surface area contributed by atoms with Crippen LogP contribution >= 0.6 is 0 Å². The fourth-order valence-electron chi connectivity index (χ4n) is 3.96. The standard InChI is InChI=1S/C24H16N2O5/c1-12(27)31-24-20(16-11-26-18-9-5-3-7-14(16)18)22(29)21(28)19(23(24)30)15-10-25-17-8-4-2-6-13(15)17/h2-11,25-26,28H,1H3. The monoisotopic (exact) mass is 412 g/mol. The van der Waals surface area contributed by atoms with Crippen LogP contribution in [0.4, 0.5) is 0 Å². The molecule has 152 valence electrons. The third-order valence-electron chi connectivity index (χ3n) is 5.30. The molecule has 0 amide bonds. The van der Waals surface area contributed by atoms with E-state index in [4.69, 9.17) is 4.74 Å². The Morgan fingerprint density at radius 1 is 0.806 bits per heavy atom. The van der Waals surface area contributed by atoms with Gasteiger partial charge in [0.1, 0.15) is 0 Å². The number of carbonyl (C=O) groups excluding carboxylic acids is 3. The van der Waals surface area contributed by atoms with Crippen LogP contribution in [0, 0.1) is 0 Å². The number of rotatable bonds is 3. The zero-order valence-corrected chi connectivity index (χ0v) is 16.4. The van der Waals surface area contributed by atoms with E-state index in [1.165, 1.54) is 0 Å². The Morgan fingerprint density at radius 3 is 1.87 bits per heavy atom. The van der Waals surface area contributed by atoms with Crippen LogP contribution in [0.3, 0.4) is 0 Å². The summed E-state index contributed by atoms with van der Waals surface area (Å²) in [5, 5.41) is 12.2. The molecule has 5 rings (SSSR count). The van der Waals surface area contributed by atoms with Gasteiger partial charge in [-0.3, -0.25) is 14.4 Å². The Balaban J connectivity index is 1.76. The van der Waals surface area contributed by atoms with Gasteiger partial charge in [0.25, 0.3) is 0 Å². The van der Waals surface area contributed by atoms with E-state index >= 15 is 0 Å². The van der Waals surface area contributed by atoms with Crippen LogP contribution in [-0.4, -0.2) is 32.6 Å². The molecule has 0 aliphatic heterocycles. The van der Waals surface area contributed by atoms with Crippen LogP contribution in [0.25, 0.3) is 33.0 Å². The second kappa shape index (κ2) is 6.84. The summed E-state index contributed by atoms with van der Waals surface area (Å²) in [5.74, 6) is -3.36. The van der Waals surface area contributed by atoms with Crippen LogP contribution in [0.15, 0.2) is 72.4 Å². The van der Waals surface area contributed by atoms with Gasteiger partial charge in [-0.25, -0.2) is 0 Å². The molecule has 0 atom stereocenters. The molecule has 0 saturated carbocycles. The number of ether oxygens (including phenoxy) is 1. The zero-order valence-electron chi connectivity index (χ0n) is 16.4. The molecular weight excluding hydrogens is 396 g/mol. The minimum absolute atomic E-state index is 0.154. The maximum Gasteiger partial charge on any atom is 0.308 e. The lowest BCUT2D eigenvalue weighted by atomic mass is 9.86. The number of allylic oxidation sites excluding steroid dienone is 2. The molecule has 0 saturated heterocycles. The lowest BCUT2D eigenvalue weighted by Gasteiger charge is -2.20. The molecule has 0 radical (unpaired) electrons. The Hall–Kier alpha value is -4.39. The van der Waals surface area contributed by atoms with Crippen molar-refractivity contribution in [3.63, 3.8) is 0 Å². The van der Waals surface area contributed by atoms with Crippen molar-refractivity contribution < 1.29 is 24.2 Å². The highest BCUT2D eigenvalue weighted by atomic mass is 16.5. The summed E-state index contributed by atoms with van der Waals surface area (Å²) >= 11 is 0. The lowest BCUT2D eigenvalue weighted by Crippen LogP contribution is -2.25. The first-order valence-electron chi connectivity index (χ1n) is 9.55. The van der Waals surface area contributed by atoms with Crippen molar-refractivity contribution in [1.82, 2.24) is 9.97 Å². The van der Waals surface area contributed by atoms with Crippen LogP contribution < -0.4 is 0 Å². The Kier molecular flexibility index (Phi) is 4.11. The summed E-state index contributed by atoms with van der Waals surface area (Å²) < 4.78 is 5.25. The molecule has 7 nitrogen and oxygen atoms in total. The van der Waals surface area contributed by atoms with Gasteiger partial charge in [0.15, 0.2) is 11.5 Å². The third kappa shape index (κ3) is 2.78. The predicted octanol–water partition coefficient (Wildman–Crippen LogP) is 4.04. The number of hydrogen-bond donors (Lipinski definition) is 3. The number of hydrogen-bond acceptors (Lipinski definition) is 5. The second-order valence-corrected chi connectivity index (χ2v) is 7.18. The van der Waals surface area contributed by atoms with Crippen molar-refractivity contribution in [1.29, 1.82) is 0 Å². The van der Waals surface area contributed by atoms with Gasteiger partial charge in [0.2, 0.25) is 11.6 Å². The molecule has 3 N–H and O–H groups in total. The molecule has 1 aliphatic carbocycles. The van der Waals surface area contributed by atoms with E-state index in [9.17, 15) is 19.5 Å². The highest BCUT2D eigenvalue weighted by Gasteiger charge is 2.39. The number of fused-ring (bicyclic) bond motifs is 2. The largest absolute Gasteiger partial charge is 0.504 e. The number of aromatic amines is 2. The quantitative estimate of drug-likeness (QED) is 0.347. The Bertz CT molecular complexity index is 1480. The molecule has 0 fully saturated rings. The van der Waals surface area contributed by atoms with Crippen molar-refractivity contribution in [2.24, 2.45) is 0 Å². The van der Waals surface area contributed by atoms with E-state index in [-0.39, 0.29) is 11.1 Å². The number of esters is 1. The molecule has 1 aliphatic rings. The van der Waals surface area contributed by atoms with E-state index in [0.717, 1.165) is 18.0 Å². The molecule has 2 aromatic heterocycles. The molecule has 4 aromatic rings. The average Bonchev–Trinajstić information content (AvgIpc) is 3.37. The second-order valence-electron chi connectivity index (χ2n) is 7.18. The summed E-state index contributed by atoms with van der Waals surface area (Å²) in [4.78, 5) is 44.7. The number of Topliss-reactive ketones (excluding diaryl/α,β-unsaturated/α-hetero) is 2. The van der Waals surface area contributed by atoms with E-state index in [1.54, 1.807) is 36.7 Å². The topological polar surface area (TPSA) is 112 Å². The molecular formula is C24H16N2O5. The van der Waals surface area contributed by atoms with Gasteiger partial charge in [-0.05, 0) is 12.1 Å². The molecule has 2 heterocycles. The number of aromatic nitrogens is 2. The van der Waals surface area contributed by atoms with Gasteiger partial charge in [-0.15, -0.1) is 0 Å². The van der Waals surface area contributed by atoms with Gasteiger partial charge in [0, 0.05) is 52.3 Å². The van der Waals surface area contributed by atoms with Crippen LogP contribution in [0.1, 0.15) is 18.1 Å². The van der Waals surface area contributed by atoms with E-state index < -0.39 is 29.1 Å². The summed E-state index contributed by atoms with van der Waals surface area (Å²) in [5.41, 5.74) is 1.83. The van der Waals surface area contributed by atoms with Gasteiger partial charge in [-0.1, -0.05) is 36.4 Å². The first-order chi connectivity index (χ1) is 15.0. The van der Waals surface area contributed by atoms with Gasteiger partial charge in [-0.2, -0.15) is 0 Å². The minimum atomic E-state index is -0.791. The van der Waals surface area contributed by atoms with Crippen molar-refractivity contribution in [3.05, 3.63) is 83.6 Å². The van der Waals surface area contributed by atoms with E-state index in [1.807, 2.05) is 24.3 Å². The van der Waals surface area contributed by atoms with Gasteiger partial charge >= 0.3 is 5.97 Å². The fraction of sp³-hybridized carbons (Fsp3) is 0.0417. The van der Waals surface area contributed by atoms with Crippen LogP contribution in [0.5, 0.6) is 0 Å². The molecule has 31 heavy (non-hydrogen) atoms. The zero-order chi connectivity index (χ0) is 21.7. The number of aliphatic hydroxyl groups excluding tert-OH is 1. The number of ketones is 2. The van der Waals surface area contributed by atoms with Gasteiger partial charge in [0.05, 0.1) is 11.1 Å². The number of para-hydroxylation sites is 2. The van der Waals surface area contributed by atoms with E-state index in [2.05, 4.69) is 9.97 Å². The van der Waals surface area contributed by atoms with Crippen LogP contribution in [0.2, 0.25) is 0 Å². The minimum Gasteiger partial charge on any atom is -0.504 e. The van der Waals surface area contributed by atoms with Crippen molar-refractivity contribution in [3.8, 4) is 0 Å². The molecule has 0 unspecified atom stereocenters. The highest BCUT2D eigenvalue weighted by Crippen LogP contribution is 2.39.